The fourth-order valence-corrected chi connectivity index (χ4v) is 2.50. The molecule has 0 amide bonds. The highest BCUT2D eigenvalue weighted by Crippen LogP contribution is 2.20. The third-order valence-corrected chi connectivity index (χ3v) is 3.72. The van der Waals surface area contributed by atoms with Gasteiger partial charge in [-0.2, -0.15) is 15.0 Å². The molecule has 7 nitrogen and oxygen atoms in total. The summed E-state index contributed by atoms with van der Waals surface area (Å²) in [6, 6.07) is 0. The van der Waals surface area contributed by atoms with Crippen LogP contribution in [0.3, 0.4) is 0 Å². The lowest BCUT2D eigenvalue weighted by atomic mass is 10.1. The molecule has 1 fully saturated rings. The molecule has 0 aliphatic carbocycles. The van der Waals surface area contributed by atoms with Gasteiger partial charge >= 0.3 is 0 Å². The first-order valence-electron chi connectivity index (χ1n) is 8.59. The molecule has 0 saturated carbocycles. The zero-order chi connectivity index (χ0) is 17.2. The van der Waals surface area contributed by atoms with Crippen molar-refractivity contribution in [3.8, 4) is 0 Å². The normalized spacial score (nSPS) is 15.1. The third kappa shape index (κ3) is 5.49. The minimum absolute atomic E-state index is 0.347. The summed E-state index contributed by atoms with van der Waals surface area (Å²) in [7, 11) is 0. The van der Waals surface area contributed by atoms with Gasteiger partial charge in [0, 0.05) is 32.8 Å². The molecular weight excluding hydrogens is 304 g/mol. The molecule has 7 heteroatoms. The second-order valence-electron chi connectivity index (χ2n) is 5.68. The molecule has 1 aromatic heterocycles. The van der Waals surface area contributed by atoms with Crippen LogP contribution in [0.1, 0.15) is 26.2 Å². The Bertz CT molecular complexity index is 498. The Hall–Kier alpha value is -2.15. The highest BCUT2D eigenvalue weighted by Gasteiger charge is 2.22. The molecular formula is C17H28N6O. The number of hydrogen-bond acceptors (Lipinski definition) is 7. The molecule has 1 aliphatic heterocycles. The van der Waals surface area contributed by atoms with Gasteiger partial charge in [-0.1, -0.05) is 19.1 Å². The van der Waals surface area contributed by atoms with E-state index >= 15 is 0 Å². The lowest BCUT2D eigenvalue weighted by molar-refractivity contribution is 0.0373. The van der Waals surface area contributed by atoms with Crippen molar-refractivity contribution < 1.29 is 4.74 Å². The van der Waals surface area contributed by atoms with E-state index in [2.05, 4.69) is 50.6 Å². The largest absolute Gasteiger partial charge is 0.378 e. The smallest absolute Gasteiger partial charge is 0.231 e. The number of nitrogens with one attached hydrogen (secondary N) is 2. The van der Waals surface area contributed by atoms with Gasteiger partial charge in [-0.05, 0) is 19.3 Å². The molecule has 0 spiro atoms. The molecule has 132 valence electrons. The monoisotopic (exact) mass is 332 g/mol. The lowest BCUT2D eigenvalue weighted by Crippen LogP contribution is -2.38. The summed E-state index contributed by atoms with van der Waals surface area (Å²) in [4.78, 5) is 15.6. The first kappa shape index (κ1) is 18.2. The predicted octanol–water partition coefficient (Wildman–Crippen LogP) is 2.46. The van der Waals surface area contributed by atoms with Crippen molar-refractivity contribution in [1.82, 2.24) is 15.0 Å². The van der Waals surface area contributed by atoms with Crippen molar-refractivity contribution in [1.29, 1.82) is 0 Å². The highest BCUT2D eigenvalue weighted by atomic mass is 16.5. The number of ether oxygens (including phenoxy) is 1. The molecule has 1 saturated heterocycles. The van der Waals surface area contributed by atoms with Gasteiger partial charge < -0.3 is 20.3 Å². The summed E-state index contributed by atoms with van der Waals surface area (Å²) >= 11 is 0. The van der Waals surface area contributed by atoms with Crippen molar-refractivity contribution in [2.24, 2.45) is 0 Å². The lowest BCUT2D eigenvalue weighted by Gasteiger charge is -2.32. The van der Waals surface area contributed by atoms with Crippen LogP contribution in [-0.2, 0) is 4.74 Å². The van der Waals surface area contributed by atoms with Gasteiger partial charge in [0.1, 0.15) is 0 Å². The van der Waals surface area contributed by atoms with Crippen LogP contribution in [0.25, 0.3) is 0 Å². The molecule has 0 bridgehead atoms. The average molecular weight is 332 g/mol. The molecule has 2 heterocycles. The summed E-state index contributed by atoms with van der Waals surface area (Å²) in [5, 5.41) is 6.26. The third-order valence-electron chi connectivity index (χ3n) is 3.72. The Kier molecular flexibility index (Phi) is 7.48. The molecule has 24 heavy (non-hydrogen) atoms. The first-order chi connectivity index (χ1) is 11.8. The quantitative estimate of drug-likeness (QED) is 0.637. The van der Waals surface area contributed by atoms with Gasteiger partial charge in [0.15, 0.2) is 0 Å². The second kappa shape index (κ2) is 9.87. The number of piperidine rings is 1. The topological polar surface area (TPSA) is 75.2 Å². The van der Waals surface area contributed by atoms with E-state index < -0.39 is 0 Å². The maximum atomic E-state index is 5.84. The standard InChI is InChI=1S/C17H28N6O/c1-4-9-18-15-20-16(19-10-5-2)22-17(21-15)23-11-7-14(8-12-23)24-13-6-3/h4-5,14H,1-2,6-13H2,3H3,(H2,18,19,20,21,22). The van der Waals surface area contributed by atoms with Gasteiger partial charge in [-0.15, -0.1) is 13.2 Å². The maximum Gasteiger partial charge on any atom is 0.231 e. The van der Waals surface area contributed by atoms with E-state index in [9.17, 15) is 0 Å². The maximum absolute atomic E-state index is 5.84. The fourth-order valence-electron chi connectivity index (χ4n) is 2.50. The zero-order valence-electron chi connectivity index (χ0n) is 14.5. The highest BCUT2D eigenvalue weighted by molar-refractivity contribution is 5.44. The number of nitrogens with zero attached hydrogens (tertiary/aromatic N) is 4. The Balaban J connectivity index is 2.04. The van der Waals surface area contributed by atoms with E-state index in [1.165, 1.54) is 0 Å². The molecule has 1 aromatic rings. The molecule has 0 aromatic carbocycles. The van der Waals surface area contributed by atoms with E-state index in [1.54, 1.807) is 12.2 Å². The van der Waals surface area contributed by atoms with E-state index in [1.807, 2.05) is 0 Å². The van der Waals surface area contributed by atoms with Crippen LogP contribution >= 0.6 is 0 Å². The van der Waals surface area contributed by atoms with Crippen LogP contribution < -0.4 is 15.5 Å². The summed E-state index contributed by atoms with van der Waals surface area (Å²) < 4.78 is 5.84. The van der Waals surface area contributed by atoms with Gasteiger partial charge in [0.2, 0.25) is 17.8 Å². The van der Waals surface area contributed by atoms with E-state index in [0.717, 1.165) is 39.0 Å². The molecule has 0 atom stereocenters. The first-order valence-corrected chi connectivity index (χ1v) is 8.59. The van der Waals surface area contributed by atoms with Crippen molar-refractivity contribution >= 4 is 17.8 Å². The number of rotatable bonds is 10. The van der Waals surface area contributed by atoms with Gasteiger partial charge in [0.05, 0.1) is 6.10 Å². The SMILES string of the molecule is C=CCNc1nc(NCC=C)nc(N2CCC(OCCC)CC2)n1. The minimum atomic E-state index is 0.347. The Labute approximate surface area is 144 Å². The molecule has 2 N–H and O–H groups in total. The van der Waals surface area contributed by atoms with Crippen LogP contribution in [0.2, 0.25) is 0 Å². The van der Waals surface area contributed by atoms with Crippen LogP contribution in [0.15, 0.2) is 25.3 Å². The molecule has 2 rings (SSSR count). The minimum Gasteiger partial charge on any atom is -0.378 e. The van der Waals surface area contributed by atoms with Crippen molar-refractivity contribution in [2.45, 2.75) is 32.3 Å². The molecule has 0 unspecified atom stereocenters. The Morgan fingerprint density at radius 1 is 1.08 bits per heavy atom. The van der Waals surface area contributed by atoms with Crippen LogP contribution in [0, 0.1) is 0 Å². The molecule has 0 radical (unpaired) electrons. The predicted molar refractivity (Wildman–Crippen MR) is 98.7 cm³/mol. The summed E-state index contributed by atoms with van der Waals surface area (Å²) in [6.45, 7) is 13.4. The number of anilines is 3. The van der Waals surface area contributed by atoms with E-state index in [0.29, 0.717) is 37.0 Å². The fraction of sp³-hybridized carbons (Fsp3) is 0.588. The Morgan fingerprint density at radius 3 is 2.17 bits per heavy atom. The van der Waals surface area contributed by atoms with Crippen LogP contribution in [0.5, 0.6) is 0 Å². The zero-order valence-corrected chi connectivity index (χ0v) is 14.5. The summed E-state index contributed by atoms with van der Waals surface area (Å²) in [5.74, 6) is 1.80. The average Bonchev–Trinajstić information content (AvgIpc) is 2.63. The van der Waals surface area contributed by atoms with Crippen molar-refractivity contribution in [2.75, 3.05) is 48.3 Å². The van der Waals surface area contributed by atoms with Gasteiger partial charge in [0.25, 0.3) is 0 Å². The second-order valence-corrected chi connectivity index (χ2v) is 5.68. The summed E-state index contributed by atoms with van der Waals surface area (Å²) in [6.07, 6.45) is 6.95. The van der Waals surface area contributed by atoms with Gasteiger partial charge in [-0.25, -0.2) is 0 Å². The van der Waals surface area contributed by atoms with Gasteiger partial charge in [-0.3, -0.25) is 0 Å². The number of hydrogen-bond donors (Lipinski definition) is 2. The van der Waals surface area contributed by atoms with Crippen molar-refractivity contribution in [3.63, 3.8) is 0 Å². The molecule has 1 aliphatic rings. The van der Waals surface area contributed by atoms with Crippen LogP contribution in [-0.4, -0.2) is 53.8 Å². The Morgan fingerprint density at radius 2 is 1.67 bits per heavy atom. The van der Waals surface area contributed by atoms with E-state index in [4.69, 9.17) is 4.74 Å². The van der Waals surface area contributed by atoms with Crippen molar-refractivity contribution in [3.05, 3.63) is 25.3 Å². The van der Waals surface area contributed by atoms with Crippen LogP contribution in [0.4, 0.5) is 17.8 Å². The van der Waals surface area contributed by atoms with E-state index in [-0.39, 0.29) is 0 Å². The number of aromatic nitrogens is 3. The summed E-state index contributed by atoms with van der Waals surface area (Å²) in [5.41, 5.74) is 0.